The lowest BCUT2D eigenvalue weighted by atomic mass is 10.2. The number of ether oxygens (including phenoxy) is 1. The number of carbonyl (C=O) groups excluding carboxylic acids is 1. The van der Waals surface area contributed by atoms with Crippen LogP contribution in [-0.2, 0) is 26.2 Å². The molecule has 0 spiro atoms. The van der Waals surface area contributed by atoms with Crippen molar-refractivity contribution in [2.24, 2.45) is 0 Å². The number of esters is 1. The molecule has 0 saturated carbocycles. The third-order valence-electron chi connectivity index (χ3n) is 3.28. The fourth-order valence-electron chi connectivity index (χ4n) is 1.88. The number of carbonyl (C=O) groups is 1. The van der Waals surface area contributed by atoms with Gasteiger partial charge in [-0.05, 0) is 24.6 Å². The van der Waals surface area contributed by atoms with Crippen molar-refractivity contribution in [3.63, 3.8) is 0 Å². The van der Waals surface area contributed by atoms with Gasteiger partial charge in [0.05, 0.1) is 0 Å². The van der Waals surface area contributed by atoms with Crippen molar-refractivity contribution < 1.29 is 17.9 Å². The van der Waals surface area contributed by atoms with Crippen LogP contribution in [0.3, 0.4) is 0 Å². The lowest BCUT2D eigenvalue weighted by Crippen LogP contribution is -2.29. The normalized spacial score (nSPS) is 11.6. The third-order valence-corrected chi connectivity index (χ3v) is 4.69. The standard InChI is InChI=1S/C18H18ClNO4S/c1-14-6-8-15(9-7-14)10-11-25(22,23)20-12-18(21)24-13-16-4-2-3-5-17(16)19/h2-11,20H,12-13H2,1H3/b11-10+. The Kier molecular flexibility index (Phi) is 6.75. The highest BCUT2D eigenvalue weighted by Crippen LogP contribution is 2.15. The van der Waals surface area contributed by atoms with E-state index < -0.39 is 22.5 Å². The predicted octanol–water partition coefficient (Wildman–Crippen LogP) is 3.28. The molecule has 0 aromatic heterocycles. The Bertz CT molecular complexity index is 861. The SMILES string of the molecule is Cc1ccc(/C=C/S(=O)(=O)NCC(=O)OCc2ccccc2Cl)cc1. The van der Waals surface area contributed by atoms with Crippen molar-refractivity contribution in [2.45, 2.75) is 13.5 Å². The van der Waals surface area contributed by atoms with E-state index in [-0.39, 0.29) is 6.61 Å². The first-order valence-electron chi connectivity index (χ1n) is 7.49. The van der Waals surface area contributed by atoms with Gasteiger partial charge in [0.25, 0.3) is 0 Å². The number of benzene rings is 2. The molecule has 0 unspecified atom stereocenters. The van der Waals surface area contributed by atoms with Gasteiger partial charge in [0.15, 0.2) is 0 Å². The molecule has 2 rings (SSSR count). The van der Waals surface area contributed by atoms with Crippen LogP contribution in [0.2, 0.25) is 5.02 Å². The van der Waals surface area contributed by atoms with Gasteiger partial charge in [-0.25, -0.2) is 13.1 Å². The van der Waals surface area contributed by atoms with Gasteiger partial charge in [-0.1, -0.05) is 59.6 Å². The molecule has 0 aliphatic heterocycles. The van der Waals surface area contributed by atoms with E-state index in [1.54, 1.807) is 36.4 Å². The van der Waals surface area contributed by atoms with Gasteiger partial charge < -0.3 is 4.74 Å². The topological polar surface area (TPSA) is 72.5 Å². The highest BCUT2D eigenvalue weighted by atomic mass is 35.5. The van der Waals surface area contributed by atoms with E-state index in [0.717, 1.165) is 16.5 Å². The summed E-state index contributed by atoms with van der Waals surface area (Å²) in [4.78, 5) is 11.7. The zero-order chi connectivity index (χ0) is 18.3. The third kappa shape index (κ3) is 6.70. The summed E-state index contributed by atoms with van der Waals surface area (Å²) >= 11 is 5.95. The van der Waals surface area contributed by atoms with Crippen molar-refractivity contribution in [2.75, 3.05) is 6.54 Å². The highest BCUT2D eigenvalue weighted by Gasteiger charge is 2.10. The minimum Gasteiger partial charge on any atom is -0.460 e. The number of hydrogen-bond donors (Lipinski definition) is 1. The Morgan fingerprint density at radius 2 is 1.84 bits per heavy atom. The molecule has 2 aromatic rings. The van der Waals surface area contributed by atoms with Gasteiger partial charge in [-0.2, -0.15) is 0 Å². The molecule has 132 valence electrons. The maximum absolute atomic E-state index is 11.9. The minimum absolute atomic E-state index is 0.0144. The first-order valence-corrected chi connectivity index (χ1v) is 9.41. The number of nitrogens with one attached hydrogen (secondary N) is 1. The number of halogens is 1. The summed E-state index contributed by atoms with van der Waals surface area (Å²) in [5, 5.41) is 1.50. The number of sulfonamides is 1. The minimum atomic E-state index is -3.73. The quantitative estimate of drug-likeness (QED) is 0.749. The van der Waals surface area contributed by atoms with Gasteiger partial charge in [-0.3, -0.25) is 4.79 Å². The van der Waals surface area contributed by atoms with E-state index in [4.69, 9.17) is 16.3 Å². The Balaban J connectivity index is 1.83. The second kappa shape index (κ2) is 8.80. The van der Waals surface area contributed by atoms with Crippen LogP contribution >= 0.6 is 11.6 Å². The summed E-state index contributed by atoms with van der Waals surface area (Å²) in [6, 6.07) is 14.3. The Morgan fingerprint density at radius 3 is 2.52 bits per heavy atom. The van der Waals surface area contributed by atoms with Gasteiger partial charge in [0.2, 0.25) is 10.0 Å². The van der Waals surface area contributed by atoms with Crippen LogP contribution in [0, 0.1) is 6.92 Å². The first-order chi connectivity index (χ1) is 11.9. The second-order valence-corrected chi connectivity index (χ2v) is 7.39. The highest BCUT2D eigenvalue weighted by molar-refractivity contribution is 7.92. The zero-order valence-electron chi connectivity index (χ0n) is 13.6. The van der Waals surface area contributed by atoms with Gasteiger partial charge in [-0.15, -0.1) is 0 Å². The average Bonchev–Trinajstić information content (AvgIpc) is 2.59. The molecule has 5 nitrogen and oxygen atoms in total. The molecule has 0 heterocycles. The number of aryl methyl sites for hydroxylation is 1. The molecular weight excluding hydrogens is 362 g/mol. The molecule has 0 aliphatic carbocycles. The van der Waals surface area contributed by atoms with Gasteiger partial charge in [0, 0.05) is 16.0 Å². The zero-order valence-corrected chi connectivity index (χ0v) is 15.2. The largest absolute Gasteiger partial charge is 0.460 e. The molecule has 0 bridgehead atoms. The summed E-state index contributed by atoms with van der Waals surface area (Å²) < 4.78 is 30.9. The Morgan fingerprint density at radius 1 is 1.16 bits per heavy atom. The van der Waals surface area contributed by atoms with E-state index >= 15 is 0 Å². The maximum atomic E-state index is 11.9. The fraction of sp³-hybridized carbons (Fsp3) is 0.167. The smallest absolute Gasteiger partial charge is 0.321 e. The molecule has 0 saturated heterocycles. The van der Waals surface area contributed by atoms with Crippen LogP contribution in [0.25, 0.3) is 6.08 Å². The molecule has 0 amide bonds. The van der Waals surface area contributed by atoms with E-state index in [1.165, 1.54) is 6.08 Å². The Hall–Kier alpha value is -2.15. The summed E-state index contributed by atoms with van der Waals surface area (Å²) in [5.74, 6) is -0.688. The van der Waals surface area contributed by atoms with E-state index in [1.807, 2.05) is 19.1 Å². The van der Waals surface area contributed by atoms with E-state index in [0.29, 0.717) is 10.6 Å². The lowest BCUT2D eigenvalue weighted by Gasteiger charge is -2.07. The van der Waals surface area contributed by atoms with Gasteiger partial charge >= 0.3 is 5.97 Å². The van der Waals surface area contributed by atoms with Crippen LogP contribution in [0.1, 0.15) is 16.7 Å². The summed E-state index contributed by atoms with van der Waals surface area (Å²) in [6.45, 7) is 1.48. The molecule has 2 aromatic carbocycles. The van der Waals surface area contributed by atoms with Crippen molar-refractivity contribution in [3.05, 3.63) is 75.7 Å². The van der Waals surface area contributed by atoms with Crippen LogP contribution < -0.4 is 4.72 Å². The monoisotopic (exact) mass is 379 g/mol. The van der Waals surface area contributed by atoms with Crippen molar-refractivity contribution in [3.8, 4) is 0 Å². The molecular formula is C18H18ClNO4S. The molecule has 0 radical (unpaired) electrons. The second-order valence-electron chi connectivity index (χ2n) is 5.33. The van der Waals surface area contributed by atoms with Gasteiger partial charge in [0.1, 0.15) is 13.2 Å². The molecule has 0 atom stereocenters. The van der Waals surface area contributed by atoms with Crippen molar-refractivity contribution >= 4 is 33.7 Å². The van der Waals surface area contributed by atoms with Crippen molar-refractivity contribution in [1.29, 1.82) is 0 Å². The van der Waals surface area contributed by atoms with Crippen LogP contribution in [0.5, 0.6) is 0 Å². The molecule has 0 aliphatic rings. The summed E-state index contributed by atoms with van der Waals surface area (Å²) in [7, 11) is -3.73. The fourth-order valence-corrected chi connectivity index (χ4v) is 2.82. The summed E-state index contributed by atoms with van der Waals surface area (Å²) in [5.41, 5.74) is 2.48. The van der Waals surface area contributed by atoms with E-state index in [9.17, 15) is 13.2 Å². The van der Waals surface area contributed by atoms with Crippen LogP contribution in [-0.4, -0.2) is 20.9 Å². The maximum Gasteiger partial charge on any atom is 0.321 e. The summed E-state index contributed by atoms with van der Waals surface area (Å²) in [6.07, 6.45) is 1.46. The number of hydrogen-bond acceptors (Lipinski definition) is 4. The molecule has 25 heavy (non-hydrogen) atoms. The van der Waals surface area contributed by atoms with Crippen LogP contribution in [0.4, 0.5) is 0 Å². The van der Waals surface area contributed by atoms with Crippen molar-refractivity contribution in [1.82, 2.24) is 4.72 Å². The molecule has 1 N–H and O–H groups in total. The van der Waals surface area contributed by atoms with E-state index in [2.05, 4.69) is 4.72 Å². The molecule has 7 heteroatoms. The predicted molar refractivity (Wildman–Crippen MR) is 98.4 cm³/mol. The Labute approximate surface area is 152 Å². The number of rotatable bonds is 7. The lowest BCUT2D eigenvalue weighted by molar-refractivity contribution is -0.143. The average molecular weight is 380 g/mol. The first kappa shape index (κ1) is 19.2. The molecule has 0 fully saturated rings. The van der Waals surface area contributed by atoms with Crippen LogP contribution in [0.15, 0.2) is 53.9 Å².